The summed E-state index contributed by atoms with van der Waals surface area (Å²) in [6, 6.07) is 0. The molecule has 2 heteroatoms. The number of unbranched alkanes of at least 4 members (excludes halogenated alkanes) is 2. The molecule has 0 aromatic carbocycles. The van der Waals surface area contributed by atoms with Crippen LogP contribution in [0.15, 0.2) is 24.2 Å². The van der Waals surface area contributed by atoms with Crippen molar-refractivity contribution in [2.45, 2.75) is 26.2 Å². The van der Waals surface area contributed by atoms with Crippen LogP contribution >= 0.6 is 0 Å². The largest absolute Gasteiger partial charge is 0.481 e. The third-order valence-electron chi connectivity index (χ3n) is 1.14. The van der Waals surface area contributed by atoms with Gasteiger partial charge in [0, 0.05) is 0 Å². The fourth-order valence-corrected chi connectivity index (χ4v) is 0.634. The molecular formula is C8H14O2. The first-order valence-corrected chi connectivity index (χ1v) is 3.46. The van der Waals surface area contributed by atoms with Crippen LogP contribution < -0.4 is 0 Å². The van der Waals surface area contributed by atoms with E-state index in [-0.39, 0.29) is 0 Å². The Labute approximate surface area is 61.5 Å². The van der Waals surface area contributed by atoms with Crippen molar-refractivity contribution >= 4 is 0 Å². The second-order valence-corrected chi connectivity index (χ2v) is 2.06. The molecule has 2 nitrogen and oxygen atoms in total. The molecule has 0 unspecified atom stereocenters. The van der Waals surface area contributed by atoms with E-state index in [9.17, 15) is 0 Å². The van der Waals surface area contributed by atoms with Gasteiger partial charge in [0.05, 0.1) is 0 Å². The summed E-state index contributed by atoms with van der Waals surface area (Å²) < 4.78 is 0. The molecule has 0 aliphatic rings. The van der Waals surface area contributed by atoms with Gasteiger partial charge in [-0.1, -0.05) is 12.2 Å². The van der Waals surface area contributed by atoms with E-state index in [0.717, 1.165) is 19.3 Å². The van der Waals surface area contributed by atoms with Gasteiger partial charge in [-0.25, -0.2) is 0 Å². The Morgan fingerprint density at radius 3 is 2.50 bits per heavy atom. The monoisotopic (exact) mass is 142 g/mol. The van der Waals surface area contributed by atoms with Gasteiger partial charge in [0.15, 0.2) is 0 Å². The summed E-state index contributed by atoms with van der Waals surface area (Å²) >= 11 is 0. The average Bonchev–Trinajstić information content (AvgIpc) is 1.87. The third-order valence-corrected chi connectivity index (χ3v) is 1.14. The van der Waals surface area contributed by atoms with E-state index in [2.05, 4.69) is 6.08 Å². The highest BCUT2D eigenvalue weighted by Crippen LogP contribution is 1.98. The topological polar surface area (TPSA) is 40.5 Å². The summed E-state index contributed by atoms with van der Waals surface area (Å²) in [5, 5.41) is 16.6. The maximum Gasteiger partial charge on any atom is 0.269 e. The quantitative estimate of drug-likeness (QED) is 0.360. The van der Waals surface area contributed by atoms with Gasteiger partial charge in [0.25, 0.3) is 5.95 Å². The number of hydrogen-bond donors (Lipinski definition) is 2. The maximum atomic E-state index is 8.31. The lowest BCUT2D eigenvalue weighted by molar-refractivity contribution is 0.189. The van der Waals surface area contributed by atoms with Crippen LogP contribution in [0.2, 0.25) is 0 Å². The molecule has 0 spiro atoms. The van der Waals surface area contributed by atoms with E-state index in [1.807, 2.05) is 13.0 Å². The summed E-state index contributed by atoms with van der Waals surface area (Å²) in [6.07, 6.45) is 8.15. The van der Waals surface area contributed by atoms with E-state index >= 15 is 0 Å². The smallest absolute Gasteiger partial charge is 0.269 e. The lowest BCUT2D eigenvalue weighted by Crippen LogP contribution is -1.76. The molecule has 0 fully saturated rings. The van der Waals surface area contributed by atoms with Gasteiger partial charge in [-0.15, -0.1) is 0 Å². The Kier molecular flexibility index (Phi) is 5.63. The Morgan fingerprint density at radius 1 is 1.30 bits per heavy atom. The molecule has 58 valence electrons. The van der Waals surface area contributed by atoms with Crippen molar-refractivity contribution < 1.29 is 10.2 Å². The normalized spacial score (nSPS) is 10.1. The predicted molar refractivity (Wildman–Crippen MR) is 42.0 cm³/mol. The van der Waals surface area contributed by atoms with Crippen molar-refractivity contribution in [3.05, 3.63) is 24.2 Å². The second-order valence-electron chi connectivity index (χ2n) is 2.06. The molecule has 0 aliphatic carbocycles. The molecule has 0 aromatic heterocycles. The zero-order valence-corrected chi connectivity index (χ0v) is 6.25. The zero-order valence-electron chi connectivity index (χ0n) is 6.25. The lowest BCUT2D eigenvalue weighted by Gasteiger charge is -1.89. The molecule has 0 aliphatic heterocycles. The first kappa shape index (κ1) is 9.08. The number of allylic oxidation sites excluding steroid dienone is 3. The van der Waals surface area contributed by atoms with E-state index in [4.69, 9.17) is 10.2 Å². The fraction of sp³-hybridized carbons (Fsp3) is 0.500. The Hall–Kier alpha value is -0.920. The molecule has 10 heavy (non-hydrogen) atoms. The van der Waals surface area contributed by atoms with Crippen LogP contribution in [0.5, 0.6) is 0 Å². The number of hydrogen-bond acceptors (Lipinski definition) is 2. The van der Waals surface area contributed by atoms with E-state index in [1.54, 1.807) is 0 Å². The molecule has 0 atom stereocenters. The Balaban J connectivity index is 3.13. The minimum atomic E-state index is -0.569. The van der Waals surface area contributed by atoms with Crippen molar-refractivity contribution in [3.63, 3.8) is 0 Å². The minimum absolute atomic E-state index is 0.569. The highest BCUT2D eigenvalue weighted by atomic mass is 16.5. The molecule has 0 rings (SSSR count). The number of aliphatic hydroxyl groups is 2. The predicted octanol–water partition coefficient (Wildman–Crippen LogP) is 2.69. The summed E-state index contributed by atoms with van der Waals surface area (Å²) in [7, 11) is 0. The van der Waals surface area contributed by atoms with E-state index < -0.39 is 5.95 Å². The first-order chi connectivity index (χ1) is 4.77. The summed E-state index contributed by atoms with van der Waals surface area (Å²) in [6.45, 7) is 1.97. The zero-order chi connectivity index (χ0) is 7.82. The number of aliphatic hydroxyl groups excluding tert-OH is 1. The van der Waals surface area contributed by atoms with Gasteiger partial charge in [-0.3, -0.25) is 0 Å². The Bertz CT molecular complexity index is 121. The number of rotatable bonds is 4. The van der Waals surface area contributed by atoms with Crippen molar-refractivity contribution in [2.24, 2.45) is 0 Å². The lowest BCUT2D eigenvalue weighted by atomic mass is 10.2. The summed E-state index contributed by atoms with van der Waals surface area (Å²) in [4.78, 5) is 0. The van der Waals surface area contributed by atoms with Crippen LogP contribution in [-0.2, 0) is 0 Å². The van der Waals surface area contributed by atoms with Crippen LogP contribution in [0, 0.1) is 0 Å². The van der Waals surface area contributed by atoms with Crippen molar-refractivity contribution in [1.82, 2.24) is 0 Å². The molecular weight excluding hydrogens is 128 g/mol. The average molecular weight is 142 g/mol. The SMILES string of the molecule is CC=CCCCC=C(O)O. The molecule has 0 heterocycles. The molecule has 0 radical (unpaired) electrons. The highest BCUT2D eigenvalue weighted by molar-refractivity contribution is 4.82. The molecule has 0 saturated carbocycles. The van der Waals surface area contributed by atoms with Gasteiger partial charge in [-0.2, -0.15) is 0 Å². The van der Waals surface area contributed by atoms with Crippen LogP contribution in [0.3, 0.4) is 0 Å². The van der Waals surface area contributed by atoms with Crippen LogP contribution in [-0.4, -0.2) is 10.2 Å². The minimum Gasteiger partial charge on any atom is -0.481 e. The molecule has 0 saturated heterocycles. The summed E-state index contributed by atoms with van der Waals surface area (Å²) in [5.41, 5.74) is 0. The standard InChI is InChI=1S/C8H14O2/c1-2-3-4-5-6-7-8(9)10/h2-3,7,9-10H,4-6H2,1H3. The van der Waals surface area contributed by atoms with Crippen molar-refractivity contribution in [3.8, 4) is 0 Å². The van der Waals surface area contributed by atoms with Gasteiger partial charge in [-0.05, 0) is 32.3 Å². The highest BCUT2D eigenvalue weighted by Gasteiger charge is 1.83. The van der Waals surface area contributed by atoms with Crippen LogP contribution in [0.4, 0.5) is 0 Å². The Morgan fingerprint density at radius 2 is 2.00 bits per heavy atom. The fourth-order valence-electron chi connectivity index (χ4n) is 0.634. The van der Waals surface area contributed by atoms with E-state index in [1.165, 1.54) is 6.08 Å². The van der Waals surface area contributed by atoms with E-state index in [0.29, 0.717) is 0 Å². The van der Waals surface area contributed by atoms with Crippen LogP contribution in [0.25, 0.3) is 0 Å². The van der Waals surface area contributed by atoms with Crippen molar-refractivity contribution in [1.29, 1.82) is 0 Å². The third kappa shape index (κ3) is 7.08. The first-order valence-electron chi connectivity index (χ1n) is 3.46. The second kappa shape index (κ2) is 6.20. The molecule has 0 bridgehead atoms. The van der Waals surface area contributed by atoms with Gasteiger partial charge < -0.3 is 10.2 Å². The molecule has 2 N–H and O–H groups in total. The van der Waals surface area contributed by atoms with Gasteiger partial charge >= 0.3 is 0 Å². The molecule has 0 aromatic rings. The van der Waals surface area contributed by atoms with Gasteiger partial charge in [0.1, 0.15) is 0 Å². The van der Waals surface area contributed by atoms with Gasteiger partial charge in [0.2, 0.25) is 0 Å². The maximum absolute atomic E-state index is 8.31. The molecule has 0 amide bonds. The van der Waals surface area contributed by atoms with Crippen LogP contribution in [0.1, 0.15) is 26.2 Å². The summed E-state index contributed by atoms with van der Waals surface area (Å²) in [5.74, 6) is -0.569. The van der Waals surface area contributed by atoms with Crippen molar-refractivity contribution in [2.75, 3.05) is 0 Å².